The molecule has 0 aliphatic heterocycles. The highest BCUT2D eigenvalue weighted by Crippen LogP contribution is 2.27. The van der Waals surface area contributed by atoms with Crippen LogP contribution in [-0.2, 0) is 11.2 Å². The van der Waals surface area contributed by atoms with Gasteiger partial charge >= 0.3 is 0 Å². The van der Waals surface area contributed by atoms with Gasteiger partial charge < -0.3 is 5.32 Å². The van der Waals surface area contributed by atoms with Crippen LogP contribution in [-0.4, -0.2) is 36.4 Å². The summed E-state index contributed by atoms with van der Waals surface area (Å²) in [6.07, 6.45) is 2.59. The minimum atomic E-state index is -0.101. The quantitative estimate of drug-likeness (QED) is 0.279. The molecular weight excluding hydrogens is 452 g/mol. The van der Waals surface area contributed by atoms with Gasteiger partial charge in [0.2, 0.25) is 5.91 Å². The summed E-state index contributed by atoms with van der Waals surface area (Å²) in [4.78, 5) is 22.4. The fourth-order valence-corrected chi connectivity index (χ4v) is 4.90. The molecule has 2 heterocycles. The number of thioether (sulfide) groups is 1. The average molecular weight is 477 g/mol. The van der Waals surface area contributed by atoms with Crippen molar-refractivity contribution in [3.05, 3.63) is 77.9 Å². The van der Waals surface area contributed by atoms with Crippen molar-refractivity contribution in [2.24, 2.45) is 0 Å². The monoisotopic (exact) mass is 476 g/mol. The van der Waals surface area contributed by atoms with Gasteiger partial charge in [0.25, 0.3) is 0 Å². The van der Waals surface area contributed by atoms with Crippen molar-refractivity contribution < 1.29 is 4.79 Å². The molecule has 1 N–H and O–H groups in total. The van der Waals surface area contributed by atoms with Gasteiger partial charge in [0.1, 0.15) is 6.33 Å². The largest absolute Gasteiger partial charge is 0.325 e. The topological polar surface area (TPSA) is 85.6 Å². The number of amides is 1. The molecule has 0 saturated carbocycles. The second-order valence-electron chi connectivity index (χ2n) is 7.36. The maximum Gasteiger partial charge on any atom is 0.234 e. The lowest BCUT2D eigenvalue weighted by molar-refractivity contribution is -0.113. The van der Waals surface area contributed by atoms with Gasteiger partial charge in [-0.2, -0.15) is 0 Å². The van der Waals surface area contributed by atoms with Gasteiger partial charge in [-0.15, -0.1) is 10.2 Å². The van der Waals surface area contributed by atoms with Gasteiger partial charge in [-0.25, -0.2) is 9.97 Å². The number of aryl methyl sites for hydroxylation is 3. The van der Waals surface area contributed by atoms with E-state index in [-0.39, 0.29) is 11.7 Å². The number of rotatable bonds is 8. The molecule has 7 nitrogen and oxygen atoms in total. The minimum absolute atomic E-state index is 0.101. The second-order valence-corrected chi connectivity index (χ2v) is 9.35. The SMILES string of the molecule is CCc1ccccc1-n1cnnc1SCC(=O)Nc1ccc(Sc2nc(C)cc(C)n2)cc1. The third-order valence-electron chi connectivity index (χ3n) is 4.79. The first-order valence-corrected chi connectivity index (χ1v) is 12.3. The molecule has 9 heteroatoms. The van der Waals surface area contributed by atoms with Gasteiger partial charge in [-0.05, 0) is 74.0 Å². The molecule has 0 fully saturated rings. The number of carbonyl (C=O) groups is 1. The fraction of sp³-hybridized carbons (Fsp3) is 0.208. The Morgan fingerprint density at radius 2 is 1.76 bits per heavy atom. The number of hydrogen-bond donors (Lipinski definition) is 1. The van der Waals surface area contributed by atoms with Crippen molar-refractivity contribution in [2.45, 2.75) is 42.4 Å². The normalized spacial score (nSPS) is 10.9. The Kier molecular flexibility index (Phi) is 7.41. The number of para-hydroxylation sites is 1. The van der Waals surface area contributed by atoms with E-state index in [0.717, 1.165) is 39.2 Å². The van der Waals surface area contributed by atoms with Crippen molar-refractivity contribution in [3.8, 4) is 5.69 Å². The molecule has 0 radical (unpaired) electrons. The van der Waals surface area contributed by atoms with E-state index in [1.165, 1.54) is 29.1 Å². The zero-order valence-electron chi connectivity index (χ0n) is 18.6. The summed E-state index contributed by atoms with van der Waals surface area (Å²) in [5.41, 5.74) is 4.87. The highest BCUT2D eigenvalue weighted by Gasteiger charge is 2.12. The number of nitrogens with zero attached hydrogens (tertiary/aromatic N) is 5. The van der Waals surface area contributed by atoms with Crippen molar-refractivity contribution in [1.82, 2.24) is 24.7 Å². The minimum Gasteiger partial charge on any atom is -0.325 e. The summed E-state index contributed by atoms with van der Waals surface area (Å²) in [7, 11) is 0. The molecule has 0 unspecified atom stereocenters. The average Bonchev–Trinajstić information content (AvgIpc) is 3.27. The number of aromatic nitrogens is 5. The van der Waals surface area contributed by atoms with Gasteiger partial charge in [0.05, 0.1) is 11.4 Å². The molecule has 2 aromatic carbocycles. The molecule has 33 heavy (non-hydrogen) atoms. The van der Waals surface area contributed by atoms with E-state index in [9.17, 15) is 4.79 Å². The summed E-state index contributed by atoms with van der Waals surface area (Å²) in [6.45, 7) is 6.03. The first kappa shape index (κ1) is 23.0. The molecule has 0 spiro atoms. The molecule has 168 valence electrons. The molecule has 0 aliphatic rings. The second kappa shape index (κ2) is 10.6. The lowest BCUT2D eigenvalue weighted by Crippen LogP contribution is -2.14. The maximum absolute atomic E-state index is 12.5. The summed E-state index contributed by atoms with van der Waals surface area (Å²) >= 11 is 2.86. The first-order valence-electron chi connectivity index (χ1n) is 10.5. The van der Waals surface area contributed by atoms with E-state index in [0.29, 0.717) is 5.16 Å². The lowest BCUT2D eigenvalue weighted by Gasteiger charge is -2.10. The molecule has 0 atom stereocenters. The predicted octanol–water partition coefficient (Wildman–Crippen LogP) is 5.12. The van der Waals surface area contributed by atoms with E-state index in [1.54, 1.807) is 6.33 Å². The van der Waals surface area contributed by atoms with Crippen LogP contribution < -0.4 is 5.32 Å². The highest BCUT2D eigenvalue weighted by molar-refractivity contribution is 7.99. The standard InChI is InChI=1S/C24H24N6OS2/c1-4-18-7-5-6-8-21(18)30-15-25-29-24(30)32-14-22(31)28-19-9-11-20(12-10-19)33-23-26-16(2)13-17(3)27-23/h5-13,15H,4,14H2,1-3H3,(H,28,31). The van der Waals surface area contributed by atoms with Crippen molar-refractivity contribution in [1.29, 1.82) is 0 Å². The summed E-state index contributed by atoms with van der Waals surface area (Å²) in [5, 5.41) is 12.6. The molecule has 4 rings (SSSR count). The first-order chi connectivity index (χ1) is 16.0. The molecule has 0 saturated heterocycles. The fourth-order valence-electron chi connectivity index (χ4n) is 3.31. The Morgan fingerprint density at radius 1 is 1.03 bits per heavy atom. The van der Waals surface area contributed by atoms with Crippen LogP contribution in [0.1, 0.15) is 23.9 Å². The third-order valence-corrected chi connectivity index (χ3v) is 6.61. The van der Waals surface area contributed by atoms with Crippen molar-refractivity contribution in [3.63, 3.8) is 0 Å². The van der Waals surface area contributed by atoms with E-state index in [1.807, 2.05) is 66.9 Å². The van der Waals surface area contributed by atoms with Crippen LogP contribution in [0.5, 0.6) is 0 Å². The van der Waals surface area contributed by atoms with Crippen molar-refractivity contribution >= 4 is 35.1 Å². The van der Waals surface area contributed by atoms with Crippen LogP contribution in [0.15, 0.2) is 76.1 Å². The summed E-state index contributed by atoms with van der Waals surface area (Å²) in [5.74, 6) is 0.135. The Balaban J connectivity index is 1.35. The number of carbonyl (C=O) groups excluding carboxylic acids is 1. The van der Waals surface area contributed by atoms with Crippen LogP contribution >= 0.6 is 23.5 Å². The number of benzene rings is 2. The number of hydrogen-bond acceptors (Lipinski definition) is 7. The molecular formula is C24H24N6OS2. The zero-order chi connectivity index (χ0) is 23.2. The van der Waals surface area contributed by atoms with E-state index < -0.39 is 0 Å². The van der Waals surface area contributed by atoms with Crippen LogP contribution in [0.25, 0.3) is 5.69 Å². The number of nitrogens with one attached hydrogen (secondary N) is 1. The van der Waals surface area contributed by atoms with E-state index in [2.05, 4.69) is 38.5 Å². The van der Waals surface area contributed by atoms with E-state index >= 15 is 0 Å². The summed E-state index contributed by atoms with van der Waals surface area (Å²) < 4.78 is 1.93. The predicted molar refractivity (Wildman–Crippen MR) is 132 cm³/mol. The highest BCUT2D eigenvalue weighted by atomic mass is 32.2. The van der Waals surface area contributed by atoms with Gasteiger partial charge in [0, 0.05) is 22.0 Å². The zero-order valence-corrected chi connectivity index (χ0v) is 20.3. The molecule has 0 aliphatic carbocycles. The van der Waals surface area contributed by atoms with Crippen LogP contribution in [0.4, 0.5) is 5.69 Å². The summed E-state index contributed by atoms with van der Waals surface area (Å²) in [6, 6.07) is 17.8. The number of anilines is 1. The molecule has 1 amide bonds. The van der Waals surface area contributed by atoms with Crippen LogP contribution in [0, 0.1) is 13.8 Å². The molecule has 4 aromatic rings. The lowest BCUT2D eigenvalue weighted by atomic mass is 10.1. The van der Waals surface area contributed by atoms with E-state index in [4.69, 9.17) is 0 Å². The van der Waals surface area contributed by atoms with Gasteiger partial charge in [0.15, 0.2) is 10.3 Å². The van der Waals surface area contributed by atoms with Crippen molar-refractivity contribution in [2.75, 3.05) is 11.1 Å². The smallest absolute Gasteiger partial charge is 0.234 e. The third kappa shape index (κ3) is 6.00. The van der Waals surface area contributed by atoms with Crippen LogP contribution in [0.2, 0.25) is 0 Å². The Labute approximate surface area is 201 Å². The van der Waals surface area contributed by atoms with Gasteiger partial charge in [-0.1, -0.05) is 36.9 Å². The molecule has 2 aromatic heterocycles. The van der Waals surface area contributed by atoms with Gasteiger partial charge in [-0.3, -0.25) is 9.36 Å². The Bertz CT molecular complexity index is 1240. The maximum atomic E-state index is 12.5. The Hall–Kier alpha value is -3.17. The molecule has 0 bridgehead atoms. The van der Waals surface area contributed by atoms with Crippen LogP contribution in [0.3, 0.4) is 0 Å². The Morgan fingerprint density at radius 3 is 2.48 bits per heavy atom.